The Hall–Kier alpha value is -3.00. The Morgan fingerprint density at radius 3 is 2.38 bits per heavy atom. The minimum absolute atomic E-state index is 0.175. The van der Waals surface area contributed by atoms with Gasteiger partial charge >= 0.3 is 0 Å². The molecule has 0 aliphatic rings. The molecule has 0 aliphatic heterocycles. The third kappa shape index (κ3) is 4.89. The van der Waals surface area contributed by atoms with E-state index in [0.29, 0.717) is 11.4 Å². The Labute approximate surface area is 173 Å². The monoisotopic (exact) mass is 412 g/mol. The molecule has 7 nitrogen and oxygen atoms in total. The molecule has 152 valence electrons. The van der Waals surface area contributed by atoms with E-state index >= 15 is 0 Å². The summed E-state index contributed by atoms with van der Waals surface area (Å²) in [5.74, 6) is -0.403. The number of nitrogens with one attached hydrogen (secondary N) is 1. The molecule has 0 radical (unpaired) electrons. The average Bonchev–Trinajstić information content (AvgIpc) is 3.29. The molecule has 0 spiro atoms. The second-order valence-corrected chi connectivity index (χ2v) is 8.58. The molecule has 0 saturated carbocycles. The lowest BCUT2D eigenvalue weighted by Crippen LogP contribution is -2.49. The highest BCUT2D eigenvalue weighted by Crippen LogP contribution is 2.31. The summed E-state index contributed by atoms with van der Waals surface area (Å²) >= 11 is 1.08. The molecule has 29 heavy (non-hydrogen) atoms. The highest BCUT2D eigenvalue weighted by atomic mass is 32.1. The largest absolute Gasteiger partial charge is 0.467 e. The first-order valence-corrected chi connectivity index (χ1v) is 10.0. The highest BCUT2D eigenvalue weighted by molar-refractivity contribution is 7.03. The zero-order chi connectivity index (χ0) is 21.2. The van der Waals surface area contributed by atoms with Gasteiger partial charge in [0, 0.05) is 16.6 Å². The van der Waals surface area contributed by atoms with Gasteiger partial charge in [-0.25, -0.2) is 0 Å². The van der Waals surface area contributed by atoms with Crippen LogP contribution in [0.1, 0.15) is 54.2 Å². The molecular formula is C21H24N4O3S. The highest BCUT2D eigenvalue weighted by Gasteiger charge is 2.37. The van der Waals surface area contributed by atoms with Crippen LogP contribution in [0.15, 0.2) is 46.4 Å². The summed E-state index contributed by atoms with van der Waals surface area (Å²) in [4.78, 5) is 28.2. The minimum Gasteiger partial charge on any atom is -0.467 e. The maximum Gasteiger partial charge on any atom is 0.280 e. The number of amides is 2. The van der Waals surface area contributed by atoms with Gasteiger partial charge < -0.3 is 9.73 Å². The van der Waals surface area contributed by atoms with Gasteiger partial charge in [0.25, 0.3) is 11.8 Å². The first-order valence-electron chi connectivity index (χ1n) is 9.20. The molecule has 2 aromatic heterocycles. The van der Waals surface area contributed by atoms with Gasteiger partial charge in [0.15, 0.2) is 11.7 Å². The molecule has 0 aliphatic carbocycles. The first-order chi connectivity index (χ1) is 13.7. The van der Waals surface area contributed by atoms with Crippen molar-refractivity contribution in [2.75, 3.05) is 4.90 Å². The second kappa shape index (κ2) is 8.16. The molecule has 1 N–H and O–H groups in total. The molecule has 0 fully saturated rings. The van der Waals surface area contributed by atoms with Gasteiger partial charge in [-0.2, -0.15) is 0 Å². The van der Waals surface area contributed by atoms with Crippen molar-refractivity contribution in [3.05, 3.63) is 64.6 Å². The Balaban J connectivity index is 2.17. The van der Waals surface area contributed by atoms with Crippen LogP contribution < -0.4 is 10.2 Å². The van der Waals surface area contributed by atoms with E-state index in [1.807, 2.05) is 52.8 Å². The van der Waals surface area contributed by atoms with Crippen molar-refractivity contribution in [1.82, 2.24) is 14.9 Å². The summed E-state index contributed by atoms with van der Waals surface area (Å²) in [5, 5.41) is 8.45. The van der Waals surface area contributed by atoms with Crippen LogP contribution in [-0.4, -0.2) is 26.9 Å². The average molecular weight is 413 g/mol. The lowest BCUT2D eigenvalue weighted by molar-refractivity contribution is -0.124. The Kier molecular flexibility index (Phi) is 5.83. The number of hydrogen-bond acceptors (Lipinski definition) is 6. The van der Waals surface area contributed by atoms with Gasteiger partial charge in [-0.1, -0.05) is 10.6 Å². The number of carbonyl (C=O) groups is 2. The first kappa shape index (κ1) is 20.7. The number of benzene rings is 1. The van der Waals surface area contributed by atoms with Crippen LogP contribution in [0.5, 0.6) is 0 Å². The smallest absolute Gasteiger partial charge is 0.280 e. The summed E-state index contributed by atoms with van der Waals surface area (Å²) in [6.07, 6.45) is 1.49. The second-order valence-electron chi connectivity index (χ2n) is 7.97. The number of hydrogen-bond donors (Lipinski definition) is 1. The van der Waals surface area contributed by atoms with E-state index in [1.165, 1.54) is 11.2 Å². The quantitative estimate of drug-likeness (QED) is 0.683. The third-order valence-corrected chi connectivity index (χ3v) is 4.60. The van der Waals surface area contributed by atoms with Gasteiger partial charge in [-0.05, 0) is 81.5 Å². The maximum absolute atomic E-state index is 13.4. The van der Waals surface area contributed by atoms with Crippen molar-refractivity contribution < 1.29 is 14.0 Å². The van der Waals surface area contributed by atoms with Crippen LogP contribution in [0.2, 0.25) is 0 Å². The van der Waals surface area contributed by atoms with Crippen LogP contribution in [0.25, 0.3) is 0 Å². The van der Waals surface area contributed by atoms with Crippen LogP contribution in [0.3, 0.4) is 0 Å². The number of aromatic nitrogens is 2. The molecule has 2 heterocycles. The number of carbonyl (C=O) groups excluding carboxylic acids is 2. The Bertz CT molecular complexity index is 971. The third-order valence-electron chi connectivity index (χ3n) is 4.10. The van der Waals surface area contributed by atoms with Crippen molar-refractivity contribution in [3.8, 4) is 0 Å². The van der Waals surface area contributed by atoms with Crippen LogP contribution in [0.4, 0.5) is 5.69 Å². The predicted molar refractivity (Wildman–Crippen MR) is 112 cm³/mol. The van der Waals surface area contributed by atoms with Crippen molar-refractivity contribution >= 4 is 29.0 Å². The van der Waals surface area contributed by atoms with Gasteiger partial charge in [0.05, 0.1) is 6.26 Å². The topological polar surface area (TPSA) is 88.3 Å². The number of anilines is 1. The Morgan fingerprint density at radius 2 is 1.86 bits per heavy atom. The van der Waals surface area contributed by atoms with Crippen molar-refractivity contribution in [1.29, 1.82) is 0 Å². The summed E-state index contributed by atoms with van der Waals surface area (Å²) in [7, 11) is 0. The fourth-order valence-electron chi connectivity index (χ4n) is 3.11. The van der Waals surface area contributed by atoms with Gasteiger partial charge in [0.2, 0.25) is 0 Å². The number of rotatable bonds is 5. The standard InChI is InChI=1S/C21H24N4O3S/c1-13-9-14(2)11-15(10-13)25(20(27)16-12-29-24-23-16)18(17-7-6-8-28-17)19(26)22-21(3,4)5/h6-12,18H,1-5H3,(H,22,26). The van der Waals surface area contributed by atoms with E-state index in [0.717, 1.165) is 22.7 Å². The van der Waals surface area contributed by atoms with Gasteiger partial charge in [0.1, 0.15) is 5.76 Å². The van der Waals surface area contributed by atoms with Gasteiger partial charge in [-0.15, -0.1) is 5.10 Å². The summed E-state index contributed by atoms with van der Waals surface area (Å²) < 4.78 is 9.37. The summed E-state index contributed by atoms with van der Waals surface area (Å²) in [6.45, 7) is 9.55. The van der Waals surface area contributed by atoms with Crippen LogP contribution in [0, 0.1) is 13.8 Å². The fourth-order valence-corrected chi connectivity index (χ4v) is 3.54. The molecule has 0 bridgehead atoms. The number of nitrogens with zero attached hydrogens (tertiary/aromatic N) is 3. The molecule has 0 saturated heterocycles. The SMILES string of the molecule is Cc1cc(C)cc(N(C(=O)c2csnn2)C(C(=O)NC(C)(C)C)c2ccco2)c1. The van der Waals surface area contributed by atoms with Crippen molar-refractivity contribution in [2.45, 2.75) is 46.2 Å². The molecule has 3 aromatic rings. The lowest BCUT2D eigenvalue weighted by atomic mass is 10.0. The van der Waals surface area contributed by atoms with Crippen molar-refractivity contribution in [2.24, 2.45) is 0 Å². The minimum atomic E-state index is -1.00. The molecular weight excluding hydrogens is 388 g/mol. The molecule has 2 amide bonds. The van der Waals surface area contributed by atoms with E-state index in [2.05, 4.69) is 14.9 Å². The molecule has 8 heteroatoms. The lowest BCUT2D eigenvalue weighted by Gasteiger charge is -2.32. The van der Waals surface area contributed by atoms with E-state index < -0.39 is 17.5 Å². The number of aryl methyl sites for hydroxylation is 2. The van der Waals surface area contributed by atoms with Crippen molar-refractivity contribution in [3.63, 3.8) is 0 Å². The fraction of sp³-hybridized carbons (Fsp3) is 0.333. The summed E-state index contributed by atoms with van der Waals surface area (Å²) in [6, 6.07) is 8.12. The molecule has 1 atom stereocenters. The van der Waals surface area contributed by atoms with E-state index in [9.17, 15) is 9.59 Å². The van der Waals surface area contributed by atoms with Gasteiger partial charge in [-0.3, -0.25) is 14.5 Å². The van der Waals surface area contributed by atoms with Crippen LogP contribution in [-0.2, 0) is 4.79 Å². The van der Waals surface area contributed by atoms with E-state index in [4.69, 9.17) is 4.42 Å². The molecule has 3 rings (SSSR count). The summed E-state index contributed by atoms with van der Waals surface area (Å²) in [5.41, 5.74) is 2.23. The van der Waals surface area contributed by atoms with E-state index in [-0.39, 0.29) is 11.6 Å². The number of furan rings is 1. The zero-order valence-corrected chi connectivity index (χ0v) is 17.9. The zero-order valence-electron chi connectivity index (χ0n) is 17.1. The normalized spacial score (nSPS) is 12.4. The Morgan fingerprint density at radius 1 is 1.17 bits per heavy atom. The maximum atomic E-state index is 13.4. The molecule has 1 aromatic carbocycles. The molecule has 1 unspecified atom stereocenters. The predicted octanol–water partition coefficient (Wildman–Crippen LogP) is 4.05. The van der Waals surface area contributed by atoms with Crippen LogP contribution >= 0.6 is 11.5 Å². The van der Waals surface area contributed by atoms with E-state index in [1.54, 1.807) is 17.5 Å².